The lowest BCUT2D eigenvalue weighted by Gasteiger charge is -2.13. The van der Waals surface area contributed by atoms with E-state index in [0.29, 0.717) is 12.2 Å². The van der Waals surface area contributed by atoms with Crippen molar-refractivity contribution in [1.29, 1.82) is 0 Å². The van der Waals surface area contributed by atoms with Crippen molar-refractivity contribution >= 4 is 5.97 Å². The Balaban J connectivity index is 0.000000225. The van der Waals surface area contributed by atoms with E-state index in [9.17, 15) is 4.79 Å². The molecule has 100 valence electrons. The highest BCUT2D eigenvalue weighted by Gasteiger charge is 2.03. The van der Waals surface area contributed by atoms with Gasteiger partial charge in [0.25, 0.3) is 0 Å². The van der Waals surface area contributed by atoms with Gasteiger partial charge in [0.2, 0.25) is 0 Å². The highest BCUT2D eigenvalue weighted by molar-refractivity contribution is 5.89. The number of aryl methyl sites for hydroxylation is 1. The topological polar surface area (TPSA) is 62.4 Å². The number of carbonyl (C=O) groups excluding carboxylic acids is 1. The lowest BCUT2D eigenvalue weighted by atomic mass is 10.1. The summed E-state index contributed by atoms with van der Waals surface area (Å²) in [7, 11) is 0. The van der Waals surface area contributed by atoms with Crippen molar-refractivity contribution in [2.24, 2.45) is 0 Å². The quantitative estimate of drug-likeness (QED) is 0.679. The van der Waals surface area contributed by atoms with E-state index in [0.717, 1.165) is 25.6 Å². The molecule has 0 aromatic heterocycles. The molecule has 0 unspecified atom stereocenters. The van der Waals surface area contributed by atoms with E-state index < -0.39 is 0 Å². The van der Waals surface area contributed by atoms with Crippen LogP contribution in [-0.4, -0.2) is 32.6 Å². The molecule has 1 aromatic rings. The second kappa shape index (κ2) is 8.63. The first kappa shape index (κ1) is 14.6. The molecule has 0 saturated carbocycles. The molecule has 3 N–H and O–H groups in total. The van der Waals surface area contributed by atoms with Gasteiger partial charge in [0.1, 0.15) is 0 Å². The molecular formula is C13H21N3O2. The number of esters is 1. The summed E-state index contributed by atoms with van der Waals surface area (Å²) in [5.41, 5.74) is 1.76. The van der Waals surface area contributed by atoms with Crippen LogP contribution in [0.4, 0.5) is 0 Å². The third kappa shape index (κ3) is 5.77. The molecule has 5 heteroatoms. The minimum Gasteiger partial charge on any atom is -0.462 e. The molecule has 1 heterocycles. The molecule has 0 amide bonds. The minimum absolute atomic E-state index is 0.252. The highest BCUT2D eigenvalue weighted by atomic mass is 16.5. The van der Waals surface area contributed by atoms with Gasteiger partial charge in [-0.3, -0.25) is 16.0 Å². The molecule has 1 aliphatic heterocycles. The van der Waals surface area contributed by atoms with Crippen LogP contribution in [0.15, 0.2) is 24.3 Å². The lowest BCUT2D eigenvalue weighted by Crippen LogP contribution is -2.47. The summed E-state index contributed by atoms with van der Waals surface area (Å²) in [4.78, 5) is 11.1. The number of rotatable bonds is 2. The van der Waals surface area contributed by atoms with E-state index in [-0.39, 0.29) is 5.97 Å². The standard InChI is InChI=1S/C10H12O2.C3H9N3/c1-3-12-10(11)9-6-4-8(2)5-7-9;1-4-2-6-3-5-1/h4-7H,3H2,1-2H3;4-6H,1-3H2. The van der Waals surface area contributed by atoms with Crippen LogP contribution in [0.2, 0.25) is 0 Å². The van der Waals surface area contributed by atoms with Crippen LogP contribution in [-0.2, 0) is 4.74 Å². The van der Waals surface area contributed by atoms with Gasteiger partial charge in [-0.05, 0) is 26.0 Å². The SMILES string of the molecule is C1NCNCN1.CCOC(=O)c1ccc(C)cc1. The third-order valence-electron chi connectivity index (χ3n) is 2.31. The fourth-order valence-corrected chi connectivity index (χ4v) is 1.36. The number of benzene rings is 1. The summed E-state index contributed by atoms with van der Waals surface area (Å²) in [6, 6.07) is 7.33. The van der Waals surface area contributed by atoms with Crippen molar-refractivity contribution in [3.05, 3.63) is 35.4 Å². The summed E-state index contributed by atoms with van der Waals surface area (Å²) in [5, 5.41) is 9.19. The van der Waals surface area contributed by atoms with Gasteiger partial charge < -0.3 is 4.74 Å². The minimum atomic E-state index is -0.252. The number of hydrogen-bond acceptors (Lipinski definition) is 5. The zero-order chi connectivity index (χ0) is 13.2. The Labute approximate surface area is 108 Å². The number of carbonyl (C=O) groups is 1. The van der Waals surface area contributed by atoms with Crippen molar-refractivity contribution in [3.63, 3.8) is 0 Å². The fourth-order valence-electron chi connectivity index (χ4n) is 1.36. The van der Waals surface area contributed by atoms with Crippen molar-refractivity contribution in [2.45, 2.75) is 13.8 Å². The van der Waals surface area contributed by atoms with E-state index in [1.807, 2.05) is 19.1 Å². The maximum atomic E-state index is 11.1. The molecule has 1 aliphatic rings. The largest absolute Gasteiger partial charge is 0.462 e. The Hall–Kier alpha value is -1.43. The van der Waals surface area contributed by atoms with E-state index >= 15 is 0 Å². The molecule has 0 atom stereocenters. The smallest absolute Gasteiger partial charge is 0.338 e. The van der Waals surface area contributed by atoms with Crippen LogP contribution in [0, 0.1) is 6.92 Å². The molecule has 1 fully saturated rings. The average molecular weight is 251 g/mol. The molecule has 0 aliphatic carbocycles. The molecule has 1 saturated heterocycles. The van der Waals surface area contributed by atoms with Gasteiger partial charge in [-0.1, -0.05) is 17.7 Å². The molecular weight excluding hydrogens is 230 g/mol. The van der Waals surface area contributed by atoms with Gasteiger partial charge in [-0.2, -0.15) is 0 Å². The van der Waals surface area contributed by atoms with Crippen LogP contribution in [0.25, 0.3) is 0 Å². The van der Waals surface area contributed by atoms with Gasteiger partial charge in [0.05, 0.1) is 12.2 Å². The van der Waals surface area contributed by atoms with E-state index in [2.05, 4.69) is 16.0 Å². The van der Waals surface area contributed by atoms with Gasteiger partial charge >= 0.3 is 5.97 Å². The average Bonchev–Trinajstić information content (AvgIpc) is 2.42. The second-order valence-corrected chi connectivity index (χ2v) is 3.87. The van der Waals surface area contributed by atoms with Gasteiger partial charge in [0, 0.05) is 20.0 Å². The normalized spacial score (nSPS) is 14.3. The van der Waals surface area contributed by atoms with Crippen LogP contribution in [0.3, 0.4) is 0 Å². The van der Waals surface area contributed by atoms with Crippen LogP contribution in [0.5, 0.6) is 0 Å². The Morgan fingerprint density at radius 2 is 1.61 bits per heavy atom. The lowest BCUT2D eigenvalue weighted by molar-refractivity contribution is 0.0526. The highest BCUT2D eigenvalue weighted by Crippen LogP contribution is 2.04. The monoisotopic (exact) mass is 251 g/mol. The number of ether oxygens (including phenoxy) is 1. The van der Waals surface area contributed by atoms with Crippen molar-refractivity contribution in [2.75, 3.05) is 26.6 Å². The molecule has 0 bridgehead atoms. The molecule has 0 radical (unpaired) electrons. The van der Waals surface area contributed by atoms with Crippen molar-refractivity contribution < 1.29 is 9.53 Å². The van der Waals surface area contributed by atoms with E-state index in [1.165, 1.54) is 0 Å². The van der Waals surface area contributed by atoms with E-state index in [1.54, 1.807) is 19.1 Å². The molecule has 2 rings (SSSR count). The van der Waals surface area contributed by atoms with E-state index in [4.69, 9.17) is 4.74 Å². The summed E-state index contributed by atoms with van der Waals surface area (Å²) in [5.74, 6) is -0.252. The summed E-state index contributed by atoms with van der Waals surface area (Å²) in [6.45, 7) is 7.01. The van der Waals surface area contributed by atoms with Crippen LogP contribution >= 0.6 is 0 Å². The first-order chi connectivity index (χ1) is 8.74. The van der Waals surface area contributed by atoms with Crippen molar-refractivity contribution in [3.8, 4) is 0 Å². The Kier molecular flexibility index (Phi) is 7.01. The molecule has 5 nitrogen and oxygen atoms in total. The Morgan fingerprint density at radius 1 is 1.11 bits per heavy atom. The first-order valence-electron chi connectivity index (χ1n) is 6.10. The number of nitrogens with one attached hydrogen (secondary N) is 3. The summed E-state index contributed by atoms with van der Waals surface area (Å²) < 4.78 is 4.83. The molecule has 18 heavy (non-hydrogen) atoms. The fraction of sp³-hybridized carbons (Fsp3) is 0.462. The maximum Gasteiger partial charge on any atom is 0.338 e. The van der Waals surface area contributed by atoms with Crippen molar-refractivity contribution in [1.82, 2.24) is 16.0 Å². The van der Waals surface area contributed by atoms with Gasteiger partial charge in [-0.15, -0.1) is 0 Å². The predicted octanol–water partition coefficient (Wildman–Crippen LogP) is 0.813. The van der Waals surface area contributed by atoms with Gasteiger partial charge in [-0.25, -0.2) is 4.79 Å². The molecule has 0 spiro atoms. The Morgan fingerprint density at radius 3 is 2.00 bits per heavy atom. The maximum absolute atomic E-state index is 11.1. The zero-order valence-electron chi connectivity index (χ0n) is 11.0. The summed E-state index contributed by atoms with van der Waals surface area (Å²) >= 11 is 0. The Bertz CT molecular complexity index is 336. The number of hydrogen-bond donors (Lipinski definition) is 3. The van der Waals surface area contributed by atoms with Crippen LogP contribution in [0.1, 0.15) is 22.8 Å². The predicted molar refractivity (Wildman–Crippen MR) is 71.1 cm³/mol. The van der Waals surface area contributed by atoms with Gasteiger partial charge in [0.15, 0.2) is 0 Å². The van der Waals surface area contributed by atoms with Crippen LogP contribution < -0.4 is 16.0 Å². The second-order valence-electron chi connectivity index (χ2n) is 3.87. The third-order valence-corrected chi connectivity index (χ3v) is 2.31. The first-order valence-corrected chi connectivity index (χ1v) is 6.10. The summed E-state index contributed by atoms with van der Waals surface area (Å²) in [6.07, 6.45) is 0. The zero-order valence-corrected chi connectivity index (χ0v) is 11.0. The molecule has 1 aromatic carbocycles.